The molecule has 1 aliphatic carbocycles. The molecule has 0 amide bonds. The van der Waals surface area contributed by atoms with Crippen LogP contribution in [0.25, 0.3) is 0 Å². The monoisotopic (exact) mass is 272 g/mol. The van der Waals surface area contributed by atoms with Crippen molar-refractivity contribution >= 4 is 5.97 Å². The van der Waals surface area contributed by atoms with Crippen LogP contribution < -0.4 is 0 Å². The number of pyridine rings is 1. The Morgan fingerprint density at radius 1 is 1.50 bits per heavy atom. The fourth-order valence-corrected chi connectivity index (χ4v) is 2.22. The maximum Gasteiger partial charge on any atom is 0.309 e. The summed E-state index contributed by atoms with van der Waals surface area (Å²) in [6.07, 6.45) is 3.15. The van der Waals surface area contributed by atoms with E-state index in [1.54, 1.807) is 6.20 Å². The van der Waals surface area contributed by atoms with E-state index in [0.717, 1.165) is 17.9 Å². The summed E-state index contributed by atoms with van der Waals surface area (Å²) in [7, 11) is 0. The molecule has 104 valence electrons. The molecule has 2 aromatic heterocycles. The van der Waals surface area contributed by atoms with Gasteiger partial charge in [-0.25, -0.2) is 4.98 Å². The lowest BCUT2D eigenvalue weighted by atomic mass is 10.2. The van der Waals surface area contributed by atoms with E-state index >= 15 is 0 Å². The number of nitrogens with one attached hydrogen (secondary N) is 1. The normalized spacial score (nSPS) is 20.6. The minimum Gasteiger partial charge on any atom is -0.466 e. The zero-order chi connectivity index (χ0) is 13.9. The lowest BCUT2D eigenvalue weighted by Crippen LogP contribution is -2.07. The Balaban J connectivity index is 1.62. The molecule has 6 nitrogen and oxygen atoms in total. The Bertz CT molecular complexity index is 596. The van der Waals surface area contributed by atoms with Gasteiger partial charge in [0.25, 0.3) is 0 Å². The lowest BCUT2D eigenvalue weighted by Gasteiger charge is -1.98. The molecule has 2 atom stereocenters. The van der Waals surface area contributed by atoms with Gasteiger partial charge in [0.1, 0.15) is 5.82 Å². The Hall–Kier alpha value is -2.24. The lowest BCUT2D eigenvalue weighted by molar-refractivity contribution is -0.144. The van der Waals surface area contributed by atoms with Crippen molar-refractivity contribution in [3.05, 3.63) is 41.7 Å². The van der Waals surface area contributed by atoms with Crippen molar-refractivity contribution in [3.8, 4) is 0 Å². The number of H-pyrrole nitrogens is 1. The van der Waals surface area contributed by atoms with Gasteiger partial charge in [-0.15, -0.1) is 0 Å². The first-order chi connectivity index (χ1) is 9.78. The van der Waals surface area contributed by atoms with Crippen molar-refractivity contribution in [1.82, 2.24) is 20.2 Å². The summed E-state index contributed by atoms with van der Waals surface area (Å²) in [4.78, 5) is 20.3. The third-order valence-corrected chi connectivity index (χ3v) is 3.34. The molecular formula is C14H16N4O2. The predicted molar refractivity (Wildman–Crippen MR) is 70.9 cm³/mol. The van der Waals surface area contributed by atoms with Crippen LogP contribution in [0.15, 0.2) is 24.4 Å². The van der Waals surface area contributed by atoms with Crippen LogP contribution in [0.4, 0.5) is 0 Å². The van der Waals surface area contributed by atoms with Crippen molar-refractivity contribution in [2.45, 2.75) is 25.7 Å². The van der Waals surface area contributed by atoms with Gasteiger partial charge < -0.3 is 4.74 Å². The average molecular weight is 272 g/mol. The molecular weight excluding hydrogens is 256 g/mol. The Morgan fingerprint density at radius 3 is 3.15 bits per heavy atom. The van der Waals surface area contributed by atoms with Gasteiger partial charge in [0, 0.05) is 24.2 Å². The zero-order valence-electron chi connectivity index (χ0n) is 11.2. The van der Waals surface area contributed by atoms with Crippen molar-refractivity contribution in [2.24, 2.45) is 5.92 Å². The van der Waals surface area contributed by atoms with Gasteiger partial charge in [-0.05, 0) is 25.5 Å². The zero-order valence-corrected chi connectivity index (χ0v) is 11.2. The van der Waals surface area contributed by atoms with Crippen molar-refractivity contribution in [1.29, 1.82) is 0 Å². The van der Waals surface area contributed by atoms with Crippen LogP contribution in [0.3, 0.4) is 0 Å². The maximum absolute atomic E-state index is 11.6. The molecule has 1 fully saturated rings. The first kappa shape index (κ1) is 12.8. The van der Waals surface area contributed by atoms with Gasteiger partial charge in [0.15, 0.2) is 5.82 Å². The molecule has 0 saturated heterocycles. The second-order valence-electron chi connectivity index (χ2n) is 4.84. The summed E-state index contributed by atoms with van der Waals surface area (Å²) in [6.45, 7) is 2.23. The molecule has 1 saturated carbocycles. The molecule has 2 heterocycles. The number of nitrogens with zero attached hydrogens (tertiary/aromatic N) is 3. The highest BCUT2D eigenvalue weighted by molar-refractivity contribution is 5.77. The predicted octanol–water partition coefficient (Wildman–Crippen LogP) is 1.46. The Morgan fingerprint density at radius 2 is 2.40 bits per heavy atom. The van der Waals surface area contributed by atoms with Crippen molar-refractivity contribution in [2.75, 3.05) is 6.61 Å². The number of hydrogen-bond acceptors (Lipinski definition) is 5. The summed E-state index contributed by atoms with van der Waals surface area (Å²) in [5.41, 5.74) is 0.938. The molecule has 2 aromatic rings. The fraction of sp³-hybridized carbons (Fsp3) is 0.429. The highest BCUT2D eigenvalue weighted by Crippen LogP contribution is 2.46. The average Bonchev–Trinajstić information content (AvgIpc) is 3.14. The number of hydrogen-bond donors (Lipinski definition) is 1. The third kappa shape index (κ3) is 2.68. The van der Waals surface area contributed by atoms with Crippen LogP contribution in [0.2, 0.25) is 0 Å². The second kappa shape index (κ2) is 5.40. The van der Waals surface area contributed by atoms with Crippen LogP contribution in [0.1, 0.15) is 36.6 Å². The number of ether oxygens (including phenoxy) is 1. The molecule has 1 aliphatic rings. The fourth-order valence-electron chi connectivity index (χ4n) is 2.22. The molecule has 0 aliphatic heterocycles. The van der Waals surface area contributed by atoms with Crippen LogP contribution in [0, 0.1) is 5.92 Å². The SMILES string of the molecule is CCOC(=O)[C@@H]1C[C@H]1c1n[nH]c(Cc2ccccn2)n1. The smallest absolute Gasteiger partial charge is 0.309 e. The van der Waals surface area contributed by atoms with E-state index in [-0.39, 0.29) is 17.8 Å². The summed E-state index contributed by atoms with van der Waals surface area (Å²) >= 11 is 0. The maximum atomic E-state index is 11.6. The molecule has 0 spiro atoms. The van der Waals surface area contributed by atoms with Gasteiger partial charge in [0.05, 0.1) is 12.5 Å². The summed E-state index contributed by atoms with van der Waals surface area (Å²) in [5.74, 6) is 1.35. The quantitative estimate of drug-likeness (QED) is 0.833. The van der Waals surface area contributed by atoms with E-state index in [1.165, 1.54) is 0 Å². The highest BCUT2D eigenvalue weighted by atomic mass is 16.5. The molecule has 1 N–H and O–H groups in total. The molecule has 0 bridgehead atoms. The van der Waals surface area contributed by atoms with Crippen LogP contribution in [-0.4, -0.2) is 32.7 Å². The molecule has 0 aromatic carbocycles. The van der Waals surface area contributed by atoms with Gasteiger partial charge in [-0.1, -0.05) is 6.07 Å². The highest BCUT2D eigenvalue weighted by Gasteiger charge is 2.47. The standard InChI is InChI=1S/C14H16N4O2/c1-2-20-14(19)11-8-10(11)13-16-12(17-18-13)7-9-5-3-4-6-15-9/h3-6,10-11H,2,7-8H2,1H3,(H,16,17,18)/t10-,11-/m1/s1. The van der Waals surface area contributed by atoms with E-state index in [0.29, 0.717) is 18.9 Å². The first-order valence-electron chi connectivity index (χ1n) is 6.75. The first-order valence-corrected chi connectivity index (χ1v) is 6.75. The number of aromatic nitrogens is 4. The minimum absolute atomic E-state index is 0.0755. The van der Waals surface area contributed by atoms with E-state index in [9.17, 15) is 4.79 Å². The number of carbonyl (C=O) groups excluding carboxylic acids is 1. The van der Waals surface area contributed by atoms with Crippen LogP contribution in [-0.2, 0) is 16.0 Å². The van der Waals surface area contributed by atoms with Gasteiger partial charge >= 0.3 is 5.97 Å². The van der Waals surface area contributed by atoms with Gasteiger partial charge in [-0.2, -0.15) is 5.10 Å². The Kier molecular flexibility index (Phi) is 3.45. The van der Waals surface area contributed by atoms with Crippen molar-refractivity contribution < 1.29 is 9.53 Å². The van der Waals surface area contributed by atoms with E-state index in [2.05, 4.69) is 20.2 Å². The molecule has 0 unspecified atom stereocenters. The topological polar surface area (TPSA) is 80.8 Å². The summed E-state index contributed by atoms with van der Waals surface area (Å²) < 4.78 is 5.01. The van der Waals surface area contributed by atoms with Crippen LogP contribution >= 0.6 is 0 Å². The molecule has 0 radical (unpaired) electrons. The van der Waals surface area contributed by atoms with Crippen molar-refractivity contribution in [3.63, 3.8) is 0 Å². The largest absolute Gasteiger partial charge is 0.466 e. The van der Waals surface area contributed by atoms with Gasteiger partial charge in [0.2, 0.25) is 0 Å². The second-order valence-corrected chi connectivity index (χ2v) is 4.84. The molecule has 20 heavy (non-hydrogen) atoms. The third-order valence-electron chi connectivity index (χ3n) is 3.34. The van der Waals surface area contributed by atoms with E-state index in [4.69, 9.17) is 4.74 Å². The number of aromatic amines is 1. The number of carbonyl (C=O) groups is 1. The Labute approximate surface area is 116 Å². The number of rotatable bonds is 5. The van der Waals surface area contributed by atoms with E-state index in [1.807, 2.05) is 25.1 Å². The minimum atomic E-state index is -0.145. The van der Waals surface area contributed by atoms with E-state index < -0.39 is 0 Å². The molecule has 6 heteroatoms. The van der Waals surface area contributed by atoms with Gasteiger partial charge in [-0.3, -0.25) is 14.9 Å². The summed E-state index contributed by atoms with van der Waals surface area (Å²) in [6, 6.07) is 5.77. The summed E-state index contributed by atoms with van der Waals surface area (Å²) in [5, 5.41) is 7.11. The van der Waals surface area contributed by atoms with Crippen LogP contribution in [0.5, 0.6) is 0 Å². The molecule has 3 rings (SSSR count). The number of esters is 1.